The number of nitrogens with one attached hydrogen (secondary N) is 3. The minimum absolute atomic E-state index is 0. The lowest BCUT2D eigenvalue weighted by Crippen LogP contribution is -2.34. The summed E-state index contributed by atoms with van der Waals surface area (Å²) in [7, 11) is 0. The van der Waals surface area contributed by atoms with Crippen LogP contribution >= 0.6 is 12.4 Å². The van der Waals surface area contributed by atoms with Crippen LogP contribution in [0.5, 0.6) is 5.75 Å². The highest BCUT2D eigenvalue weighted by Crippen LogP contribution is 2.28. The first kappa shape index (κ1) is 47.7. The highest BCUT2D eigenvalue weighted by Gasteiger charge is 2.21. The number of halogens is 1. The molecule has 0 spiro atoms. The third-order valence-corrected chi connectivity index (χ3v) is 8.83. The van der Waals surface area contributed by atoms with Crippen molar-refractivity contribution in [3.63, 3.8) is 0 Å². The number of carbonyl (C=O) groups is 2. The van der Waals surface area contributed by atoms with Crippen molar-refractivity contribution in [2.45, 2.75) is 96.8 Å². The van der Waals surface area contributed by atoms with Gasteiger partial charge in [-0.1, -0.05) is 45.4 Å². The molecule has 15 nitrogen and oxygen atoms in total. The van der Waals surface area contributed by atoms with Crippen LogP contribution in [0, 0.1) is 0 Å². The van der Waals surface area contributed by atoms with Crippen molar-refractivity contribution in [2.24, 2.45) is 0 Å². The number of nitrogens with zero attached hydrogens (tertiary/aromatic N) is 5. The summed E-state index contributed by atoms with van der Waals surface area (Å²) in [5, 5.41) is 19.5. The highest BCUT2D eigenvalue weighted by molar-refractivity contribution is 6.05. The van der Waals surface area contributed by atoms with Crippen LogP contribution in [0.2, 0.25) is 0 Å². The average Bonchev–Trinajstić information content (AvgIpc) is 3.10. The van der Waals surface area contributed by atoms with Gasteiger partial charge in [0, 0.05) is 61.3 Å². The molecule has 2 aliphatic rings. The maximum atomic E-state index is 13.0. The molecule has 300 valence electrons. The molecule has 2 saturated heterocycles. The van der Waals surface area contributed by atoms with E-state index in [0.717, 1.165) is 76.8 Å². The van der Waals surface area contributed by atoms with E-state index < -0.39 is 0 Å². The molecule has 0 bridgehead atoms. The van der Waals surface area contributed by atoms with Gasteiger partial charge in [0.05, 0.1) is 5.69 Å². The van der Waals surface area contributed by atoms with Crippen molar-refractivity contribution in [2.75, 3.05) is 51.9 Å². The minimum atomic E-state index is -0.359. The second kappa shape index (κ2) is 24.8. The van der Waals surface area contributed by atoms with Gasteiger partial charge in [-0.2, -0.15) is 15.0 Å². The summed E-state index contributed by atoms with van der Waals surface area (Å²) in [6, 6.07) is 11.8. The number of hydrogen-bond acceptors (Lipinski definition) is 13. The molecule has 2 amide bonds. The van der Waals surface area contributed by atoms with Gasteiger partial charge in [-0.25, -0.2) is 0 Å². The van der Waals surface area contributed by atoms with Gasteiger partial charge in [0.25, 0.3) is 5.91 Å². The SMILES string of the molecule is CCCCCCCCCC(=O)Nc1ccc(NC(=O)c2ccc(Nc3nc(N4CCCCC4)nc(N4CCCCC4)n3)cc2)c(O)c1.Cl.N.N.N.N.[HH].[HH].[HH].[HH]. The number of anilines is 6. The lowest BCUT2D eigenvalue weighted by Gasteiger charge is -2.30. The number of amides is 2. The molecule has 52 heavy (non-hydrogen) atoms. The van der Waals surface area contributed by atoms with Gasteiger partial charge < -0.3 is 55.5 Å². The van der Waals surface area contributed by atoms with Gasteiger partial charge in [0.15, 0.2) is 0 Å². The molecule has 16 N–H and O–H groups in total. The number of hydrogen-bond donors (Lipinski definition) is 8. The maximum Gasteiger partial charge on any atom is 0.255 e. The van der Waals surface area contributed by atoms with Crippen LogP contribution in [-0.4, -0.2) is 58.1 Å². The number of piperidine rings is 2. The fourth-order valence-electron chi connectivity index (χ4n) is 6.09. The van der Waals surface area contributed by atoms with Crippen molar-refractivity contribution >= 4 is 59.1 Å². The Balaban J connectivity index is -0.000000963. The summed E-state index contributed by atoms with van der Waals surface area (Å²) in [4.78, 5) is 44.2. The van der Waals surface area contributed by atoms with Gasteiger partial charge in [-0.15, -0.1) is 12.4 Å². The monoisotopic (exact) mass is 755 g/mol. The Morgan fingerprint density at radius 3 is 1.75 bits per heavy atom. The Bertz CT molecular complexity index is 1450. The molecule has 0 unspecified atom stereocenters. The number of aromatic hydroxyl groups is 1. The molecular weight excluding hydrogens is 684 g/mol. The van der Waals surface area contributed by atoms with Crippen LogP contribution in [0.1, 0.15) is 113 Å². The lowest BCUT2D eigenvalue weighted by atomic mass is 10.1. The normalized spacial score (nSPS) is 13.5. The Hall–Kier alpha value is -4.28. The van der Waals surface area contributed by atoms with E-state index in [2.05, 4.69) is 32.7 Å². The first-order valence-corrected chi connectivity index (χ1v) is 17.6. The standard InChI is InChI=1S/C36H50N8O3.ClH.4H3N.4H2/c1-2-3-4-5-6-7-10-15-32(46)37-29-20-21-30(31(45)26-29)39-33(47)27-16-18-28(19-17-27)38-34-40-35(43-22-11-8-12-23-43)42-36(41-34)44-24-13-9-14-25-44;;;;;;;;;/h16-21,26,45H,2-15,22-25H2,1H3,(H,37,46)(H,39,47)(H,38,40,41,42);1H;4*1H3;4*1H. The van der Waals surface area contributed by atoms with Crippen LogP contribution in [0.4, 0.5) is 34.9 Å². The van der Waals surface area contributed by atoms with Crippen molar-refractivity contribution in [3.05, 3.63) is 48.0 Å². The van der Waals surface area contributed by atoms with Crippen molar-refractivity contribution in [1.29, 1.82) is 0 Å². The molecule has 0 atom stereocenters. The van der Waals surface area contributed by atoms with Gasteiger partial charge in [0.1, 0.15) is 5.75 Å². The Kier molecular flexibility index (Phi) is 22.8. The van der Waals surface area contributed by atoms with Gasteiger partial charge in [0.2, 0.25) is 23.8 Å². The Morgan fingerprint density at radius 1 is 0.692 bits per heavy atom. The molecule has 1 aromatic heterocycles. The van der Waals surface area contributed by atoms with Crippen LogP contribution in [0.3, 0.4) is 0 Å². The minimum Gasteiger partial charge on any atom is -0.506 e. The number of rotatable bonds is 15. The van der Waals surface area contributed by atoms with Crippen molar-refractivity contribution in [1.82, 2.24) is 39.6 Å². The summed E-state index contributed by atoms with van der Waals surface area (Å²) in [6.45, 7) is 5.98. The van der Waals surface area contributed by atoms with E-state index in [4.69, 9.17) is 15.0 Å². The van der Waals surface area contributed by atoms with E-state index in [9.17, 15) is 14.7 Å². The molecular formula is C36H71ClN12O3. The molecule has 2 aliphatic heterocycles. The smallest absolute Gasteiger partial charge is 0.255 e. The number of carbonyl (C=O) groups excluding carboxylic acids is 2. The molecule has 2 aromatic carbocycles. The van der Waals surface area contributed by atoms with E-state index in [1.807, 2.05) is 12.1 Å². The second-order valence-corrected chi connectivity index (χ2v) is 12.7. The number of phenolic OH excluding ortho intramolecular Hbond substituents is 1. The number of phenols is 1. The molecule has 2 fully saturated rings. The largest absolute Gasteiger partial charge is 0.506 e. The van der Waals surface area contributed by atoms with E-state index in [1.165, 1.54) is 44.6 Å². The summed E-state index contributed by atoms with van der Waals surface area (Å²) in [5.74, 6) is 1.34. The van der Waals surface area contributed by atoms with Crippen LogP contribution < -0.4 is 50.4 Å². The maximum absolute atomic E-state index is 13.0. The zero-order chi connectivity index (χ0) is 32.8. The lowest BCUT2D eigenvalue weighted by molar-refractivity contribution is -0.116. The molecule has 3 heterocycles. The topological polar surface area (TPSA) is 276 Å². The van der Waals surface area contributed by atoms with Gasteiger partial charge in [-0.3, -0.25) is 9.59 Å². The summed E-state index contributed by atoms with van der Waals surface area (Å²) >= 11 is 0. The average molecular weight is 755 g/mol. The highest BCUT2D eigenvalue weighted by atomic mass is 35.5. The van der Waals surface area contributed by atoms with E-state index >= 15 is 0 Å². The number of aromatic nitrogens is 3. The van der Waals surface area contributed by atoms with E-state index in [1.54, 1.807) is 24.3 Å². The second-order valence-electron chi connectivity index (χ2n) is 12.7. The van der Waals surface area contributed by atoms with Crippen LogP contribution in [-0.2, 0) is 4.79 Å². The summed E-state index contributed by atoms with van der Waals surface area (Å²) < 4.78 is 0. The first-order chi connectivity index (χ1) is 23.0. The fraction of sp³-hybridized carbons (Fsp3) is 0.528. The van der Waals surface area contributed by atoms with E-state index in [-0.39, 0.29) is 66.0 Å². The van der Waals surface area contributed by atoms with Crippen molar-refractivity contribution in [3.8, 4) is 5.75 Å². The van der Waals surface area contributed by atoms with Crippen LogP contribution in [0.25, 0.3) is 0 Å². The number of unbranched alkanes of at least 4 members (excludes halogenated alkanes) is 6. The van der Waals surface area contributed by atoms with E-state index in [0.29, 0.717) is 35.5 Å². The summed E-state index contributed by atoms with van der Waals surface area (Å²) in [6.07, 6.45) is 15.5. The quantitative estimate of drug-likeness (QED) is 0.0530. The van der Waals surface area contributed by atoms with Gasteiger partial charge in [-0.05, 0) is 81.3 Å². The predicted molar refractivity (Wildman–Crippen MR) is 225 cm³/mol. The number of benzene rings is 2. The summed E-state index contributed by atoms with van der Waals surface area (Å²) in [5.41, 5.74) is 1.94. The molecule has 5 rings (SSSR count). The third-order valence-electron chi connectivity index (χ3n) is 8.83. The van der Waals surface area contributed by atoms with Gasteiger partial charge >= 0.3 is 0 Å². The first-order valence-electron chi connectivity index (χ1n) is 17.6. The molecule has 16 heteroatoms. The zero-order valence-electron chi connectivity index (χ0n) is 31.0. The fourth-order valence-corrected chi connectivity index (χ4v) is 6.09. The molecule has 0 saturated carbocycles. The molecule has 0 aliphatic carbocycles. The predicted octanol–water partition coefficient (Wildman–Crippen LogP) is 9.69. The Morgan fingerprint density at radius 2 is 1.21 bits per heavy atom. The third kappa shape index (κ3) is 14.4. The van der Waals surface area contributed by atoms with Crippen LogP contribution in [0.15, 0.2) is 42.5 Å². The zero-order valence-corrected chi connectivity index (χ0v) is 31.8. The molecule has 3 aromatic rings. The van der Waals surface area contributed by atoms with Crippen molar-refractivity contribution < 1.29 is 20.4 Å². The molecule has 0 radical (unpaired) electrons. The Labute approximate surface area is 321 Å².